The number of aromatic nitrogens is 1. The minimum Gasteiger partial charge on any atom is -0.302 e. The predicted octanol–water partition coefficient (Wildman–Crippen LogP) is 3.30. The second-order valence-electron chi connectivity index (χ2n) is 6.15. The lowest BCUT2D eigenvalue weighted by Gasteiger charge is -2.03. The molecule has 2 aromatic carbocycles. The van der Waals surface area contributed by atoms with Gasteiger partial charge in [-0.15, -0.1) is 6.42 Å². The Morgan fingerprint density at radius 3 is 2.62 bits per heavy atom. The van der Waals surface area contributed by atoms with Crippen LogP contribution in [0.25, 0.3) is 10.2 Å². The Kier molecular flexibility index (Phi) is 6.25. The van der Waals surface area contributed by atoms with E-state index in [1.165, 1.54) is 16.7 Å². The molecule has 0 radical (unpaired) electrons. The fourth-order valence-electron chi connectivity index (χ4n) is 2.77. The number of carbonyl (C=O) groups excluding carboxylic acids is 1. The van der Waals surface area contributed by atoms with Crippen molar-refractivity contribution in [3.63, 3.8) is 0 Å². The average Bonchev–Trinajstić information content (AvgIpc) is 2.99. The number of hydrogen-bond donors (Lipinski definition) is 0. The lowest BCUT2D eigenvalue weighted by Crippen LogP contribution is -2.17. The van der Waals surface area contributed by atoms with Gasteiger partial charge in [0.2, 0.25) is 5.91 Å². The van der Waals surface area contributed by atoms with Crippen molar-refractivity contribution in [2.75, 3.05) is 5.75 Å². The number of carbonyl (C=O) groups is 1. The summed E-state index contributed by atoms with van der Waals surface area (Å²) in [6, 6.07) is 9.84. The number of fused-ring (bicyclic) bond motifs is 1. The molecular formula is C20H16F2N2O3S2. The van der Waals surface area contributed by atoms with E-state index in [2.05, 4.69) is 10.9 Å². The first-order valence-corrected chi connectivity index (χ1v) is 11.1. The highest BCUT2D eigenvalue weighted by molar-refractivity contribution is 7.91. The van der Waals surface area contributed by atoms with E-state index in [9.17, 15) is 22.0 Å². The molecule has 1 heterocycles. The van der Waals surface area contributed by atoms with Gasteiger partial charge in [0.05, 0.1) is 27.4 Å². The number of hydrogen-bond acceptors (Lipinski definition) is 4. The first-order valence-electron chi connectivity index (χ1n) is 8.59. The molecule has 0 N–H and O–H groups in total. The van der Waals surface area contributed by atoms with Gasteiger partial charge in [0, 0.05) is 12.5 Å². The number of thiazole rings is 1. The first kappa shape index (κ1) is 20.9. The molecule has 3 aromatic rings. The highest BCUT2D eigenvalue weighted by Crippen LogP contribution is 2.22. The number of rotatable bonds is 6. The number of terminal acetylenes is 1. The van der Waals surface area contributed by atoms with Gasteiger partial charge in [-0.1, -0.05) is 35.5 Å². The van der Waals surface area contributed by atoms with Crippen molar-refractivity contribution in [1.29, 1.82) is 0 Å². The van der Waals surface area contributed by atoms with Gasteiger partial charge in [-0.3, -0.25) is 4.79 Å². The monoisotopic (exact) mass is 434 g/mol. The molecule has 0 fully saturated rings. The van der Waals surface area contributed by atoms with E-state index in [1.807, 2.05) is 0 Å². The molecule has 0 unspecified atom stereocenters. The molecule has 29 heavy (non-hydrogen) atoms. The van der Waals surface area contributed by atoms with Gasteiger partial charge in [-0.05, 0) is 24.6 Å². The predicted molar refractivity (Wildman–Crippen MR) is 107 cm³/mol. The largest absolute Gasteiger partial charge is 0.302 e. The maximum absolute atomic E-state index is 14.2. The Balaban J connectivity index is 1.80. The van der Waals surface area contributed by atoms with Crippen molar-refractivity contribution < 1.29 is 22.0 Å². The number of halogens is 2. The molecule has 0 atom stereocenters. The minimum absolute atomic E-state index is 0.0446. The average molecular weight is 434 g/mol. The Morgan fingerprint density at radius 1 is 1.21 bits per heavy atom. The Morgan fingerprint density at radius 2 is 1.93 bits per heavy atom. The SMILES string of the molecule is C#CCn1c(=NC(=O)CCCS(=O)(=O)c2ccccc2)sc2cc(F)cc(F)c21. The molecule has 3 rings (SSSR count). The van der Waals surface area contributed by atoms with Crippen LogP contribution >= 0.6 is 11.3 Å². The van der Waals surface area contributed by atoms with Crippen molar-refractivity contribution in [3.8, 4) is 12.3 Å². The molecule has 5 nitrogen and oxygen atoms in total. The molecule has 0 saturated heterocycles. The third-order valence-electron chi connectivity index (χ3n) is 4.07. The summed E-state index contributed by atoms with van der Waals surface area (Å²) in [5.74, 6) is 0.0552. The smallest absolute Gasteiger partial charge is 0.248 e. The molecule has 0 bridgehead atoms. The van der Waals surface area contributed by atoms with Gasteiger partial charge in [0.1, 0.15) is 5.82 Å². The van der Waals surface area contributed by atoms with Crippen LogP contribution in [0, 0.1) is 24.0 Å². The quantitative estimate of drug-likeness (QED) is 0.559. The van der Waals surface area contributed by atoms with Gasteiger partial charge in [-0.25, -0.2) is 17.2 Å². The first-order chi connectivity index (χ1) is 13.8. The van der Waals surface area contributed by atoms with Crippen LogP contribution in [0.1, 0.15) is 12.8 Å². The van der Waals surface area contributed by atoms with E-state index in [1.54, 1.807) is 18.2 Å². The van der Waals surface area contributed by atoms with Gasteiger partial charge in [0.15, 0.2) is 20.5 Å². The minimum atomic E-state index is -3.49. The highest BCUT2D eigenvalue weighted by atomic mass is 32.2. The second-order valence-corrected chi connectivity index (χ2v) is 9.27. The molecule has 1 amide bonds. The van der Waals surface area contributed by atoms with Crippen LogP contribution < -0.4 is 4.80 Å². The maximum Gasteiger partial charge on any atom is 0.248 e. The normalized spacial score (nSPS) is 12.2. The van der Waals surface area contributed by atoms with Crippen LogP contribution in [-0.2, 0) is 21.2 Å². The topological polar surface area (TPSA) is 68.5 Å². The number of amides is 1. The Bertz CT molecular complexity index is 1270. The van der Waals surface area contributed by atoms with Crippen LogP contribution in [0.15, 0.2) is 52.4 Å². The molecule has 0 spiro atoms. The zero-order valence-electron chi connectivity index (χ0n) is 15.1. The van der Waals surface area contributed by atoms with Crippen molar-refractivity contribution in [2.24, 2.45) is 4.99 Å². The summed E-state index contributed by atoms with van der Waals surface area (Å²) < 4.78 is 53.7. The number of sulfone groups is 1. The van der Waals surface area contributed by atoms with Crippen LogP contribution in [-0.4, -0.2) is 24.6 Å². The summed E-state index contributed by atoms with van der Waals surface area (Å²) in [6.07, 6.45) is 5.30. The van der Waals surface area contributed by atoms with Crippen LogP contribution in [0.2, 0.25) is 0 Å². The highest BCUT2D eigenvalue weighted by Gasteiger charge is 2.16. The lowest BCUT2D eigenvalue weighted by molar-refractivity contribution is -0.118. The number of nitrogens with zero attached hydrogens (tertiary/aromatic N) is 2. The third-order valence-corrected chi connectivity index (χ3v) is 6.91. The Labute approximate surface area is 170 Å². The summed E-state index contributed by atoms with van der Waals surface area (Å²) in [6.45, 7) is -0.0446. The van der Waals surface area contributed by atoms with E-state index >= 15 is 0 Å². The summed E-state index contributed by atoms with van der Waals surface area (Å²) in [4.78, 5) is 16.5. The van der Waals surface area contributed by atoms with Crippen molar-refractivity contribution in [2.45, 2.75) is 24.3 Å². The molecule has 150 valence electrons. The van der Waals surface area contributed by atoms with Crippen LogP contribution in [0.5, 0.6) is 0 Å². The zero-order chi connectivity index (χ0) is 21.0. The van der Waals surface area contributed by atoms with Gasteiger partial charge >= 0.3 is 0 Å². The number of benzene rings is 2. The fourth-order valence-corrected chi connectivity index (χ4v) is 5.19. The van der Waals surface area contributed by atoms with E-state index in [4.69, 9.17) is 6.42 Å². The molecule has 0 saturated carbocycles. The van der Waals surface area contributed by atoms with E-state index in [0.717, 1.165) is 23.5 Å². The molecule has 0 aliphatic heterocycles. The molecular weight excluding hydrogens is 418 g/mol. The third kappa shape index (κ3) is 4.78. The lowest BCUT2D eigenvalue weighted by atomic mass is 10.3. The molecule has 0 aliphatic rings. The fraction of sp³-hybridized carbons (Fsp3) is 0.200. The van der Waals surface area contributed by atoms with Gasteiger partial charge in [-0.2, -0.15) is 4.99 Å². The van der Waals surface area contributed by atoms with E-state index < -0.39 is 27.4 Å². The summed E-state index contributed by atoms with van der Waals surface area (Å²) in [5.41, 5.74) is 0.0764. The van der Waals surface area contributed by atoms with Crippen LogP contribution in [0.3, 0.4) is 0 Å². The van der Waals surface area contributed by atoms with Crippen molar-refractivity contribution >= 4 is 37.3 Å². The van der Waals surface area contributed by atoms with E-state index in [0.29, 0.717) is 0 Å². The summed E-state index contributed by atoms with van der Waals surface area (Å²) in [5, 5.41) is 0. The maximum atomic E-state index is 14.2. The molecule has 9 heteroatoms. The standard InChI is InChI=1S/C20H16F2N2O3S2/c1-2-10-24-19-16(22)12-14(21)13-17(19)28-20(24)23-18(25)9-6-11-29(26,27)15-7-4-3-5-8-15/h1,3-5,7-8,12-13H,6,9-11H2. The van der Waals surface area contributed by atoms with Gasteiger partial charge in [0.25, 0.3) is 0 Å². The van der Waals surface area contributed by atoms with Crippen molar-refractivity contribution in [1.82, 2.24) is 4.57 Å². The second kappa shape index (κ2) is 8.68. The zero-order valence-corrected chi connectivity index (χ0v) is 16.8. The molecule has 1 aromatic heterocycles. The van der Waals surface area contributed by atoms with Gasteiger partial charge < -0.3 is 4.57 Å². The summed E-state index contributed by atoms with van der Waals surface area (Å²) in [7, 11) is -3.49. The summed E-state index contributed by atoms with van der Waals surface area (Å²) >= 11 is 0.938. The Hall–Kier alpha value is -2.83. The van der Waals surface area contributed by atoms with E-state index in [-0.39, 0.29) is 45.1 Å². The van der Waals surface area contributed by atoms with Crippen LogP contribution in [0.4, 0.5) is 8.78 Å². The van der Waals surface area contributed by atoms with Crippen molar-refractivity contribution in [3.05, 3.63) is 58.9 Å². The molecule has 0 aliphatic carbocycles.